The van der Waals surface area contributed by atoms with E-state index in [1.807, 2.05) is 12.1 Å². The van der Waals surface area contributed by atoms with E-state index in [0.29, 0.717) is 0 Å². The van der Waals surface area contributed by atoms with Crippen LogP contribution in [0.5, 0.6) is 11.5 Å². The molecule has 1 saturated heterocycles. The van der Waals surface area contributed by atoms with Crippen LogP contribution in [0.3, 0.4) is 0 Å². The lowest BCUT2D eigenvalue weighted by Gasteiger charge is -2.35. The average Bonchev–Trinajstić information content (AvgIpc) is 2.65. The summed E-state index contributed by atoms with van der Waals surface area (Å²) < 4.78 is 12.0. The van der Waals surface area contributed by atoms with Crippen molar-refractivity contribution < 1.29 is 9.47 Å². The standard InChI is InChI=1S/C20H25BrN2O2/c1-24-19-7-8-20(25-2)17(13-19)15-23-11-9-22(10-12-23)14-16-3-5-18(21)6-4-16/h3-8,13H,9-12,14-15H2,1-2H3. The highest BCUT2D eigenvalue weighted by molar-refractivity contribution is 9.10. The van der Waals surface area contributed by atoms with Gasteiger partial charge in [-0.1, -0.05) is 28.1 Å². The van der Waals surface area contributed by atoms with Crippen LogP contribution in [0.25, 0.3) is 0 Å². The first-order valence-corrected chi connectivity index (χ1v) is 9.37. The SMILES string of the molecule is COc1ccc(OC)c(CN2CCN(Cc3ccc(Br)cc3)CC2)c1. The molecule has 0 spiro atoms. The summed E-state index contributed by atoms with van der Waals surface area (Å²) in [4.78, 5) is 5.00. The molecule has 1 heterocycles. The lowest BCUT2D eigenvalue weighted by atomic mass is 10.1. The van der Waals surface area contributed by atoms with E-state index < -0.39 is 0 Å². The predicted octanol–water partition coefficient (Wildman–Crippen LogP) is 3.78. The Morgan fingerprint density at radius 1 is 0.840 bits per heavy atom. The molecular weight excluding hydrogens is 380 g/mol. The highest BCUT2D eigenvalue weighted by Crippen LogP contribution is 2.25. The summed E-state index contributed by atoms with van der Waals surface area (Å²) in [7, 11) is 3.42. The zero-order chi connectivity index (χ0) is 17.6. The minimum atomic E-state index is 0.879. The molecule has 0 amide bonds. The zero-order valence-electron chi connectivity index (χ0n) is 14.9. The van der Waals surface area contributed by atoms with Crippen LogP contribution in [-0.4, -0.2) is 50.2 Å². The van der Waals surface area contributed by atoms with Crippen molar-refractivity contribution in [2.45, 2.75) is 13.1 Å². The van der Waals surface area contributed by atoms with E-state index in [2.05, 4.69) is 56.1 Å². The largest absolute Gasteiger partial charge is 0.497 e. The minimum absolute atomic E-state index is 0.879. The molecule has 25 heavy (non-hydrogen) atoms. The van der Waals surface area contributed by atoms with Gasteiger partial charge in [0.15, 0.2) is 0 Å². The predicted molar refractivity (Wildman–Crippen MR) is 104 cm³/mol. The van der Waals surface area contributed by atoms with Crippen LogP contribution in [-0.2, 0) is 13.1 Å². The fraction of sp³-hybridized carbons (Fsp3) is 0.400. The Hall–Kier alpha value is -1.56. The molecule has 4 nitrogen and oxygen atoms in total. The monoisotopic (exact) mass is 404 g/mol. The number of hydrogen-bond acceptors (Lipinski definition) is 4. The Morgan fingerprint density at radius 3 is 2.08 bits per heavy atom. The number of nitrogens with zero attached hydrogens (tertiary/aromatic N) is 2. The number of methoxy groups -OCH3 is 2. The van der Waals surface area contributed by atoms with Crippen LogP contribution < -0.4 is 9.47 Å². The molecule has 0 saturated carbocycles. The Balaban J connectivity index is 1.55. The number of benzene rings is 2. The van der Waals surface area contributed by atoms with Crippen LogP contribution in [0.4, 0.5) is 0 Å². The fourth-order valence-corrected chi connectivity index (χ4v) is 3.46. The van der Waals surface area contributed by atoms with Gasteiger partial charge in [0, 0.05) is 49.3 Å². The van der Waals surface area contributed by atoms with Gasteiger partial charge in [-0.3, -0.25) is 9.80 Å². The van der Waals surface area contributed by atoms with Crippen molar-refractivity contribution in [2.24, 2.45) is 0 Å². The van der Waals surface area contributed by atoms with E-state index in [1.165, 1.54) is 11.1 Å². The van der Waals surface area contributed by atoms with Gasteiger partial charge in [-0.05, 0) is 35.9 Å². The second-order valence-corrected chi connectivity index (χ2v) is 7.27. The van der Waals surface area contributed by atoms with Crippen LogP contribution in [0, 0.1) is 0 Å². The third kappa shape index (κ3) is 4.97. The molecule has 0 N–H and O–H groups in total. The zero-order valence-corrected chi connectivity index (χ0v) is 16.5. The molecule has 0 atom stereocenters. The number of rotatable bonds is 6. The van der Waals surface area contributed by atoms with Crippen molar-refractivity contribution in [3.05, 3.63) is 58.1 Å². The van der Waals surface area contributed by atoms with Crippen molar-refractivity contribution in [1.29, 1.82) is 0 Å². The second kappa shape index (κ2) is 8.70. The first-order chi connectivity index (χ1) is 12.2. The maximum Gasteiger partial charge on any atom is 0.123 e. The molecule has 0 aliphatic carbocycles. The first-order valence-electron chi connectivity index (χ1n) is 8.58. The van der Waals surface area contributed by atoms with Gasteiger partial charge in [-0.15, -0.1) is 0 Å². The first kappa shape index (κ1) is 18.2. The molecule has 5 heteroatoms. The average molecular weight is 405 g/mol. The van der Waals surface area contributed by atoms with Crippen LogP contribution in [0.15, 0.2) is 46.9 Å². The molecule has 2 aromatic carbocycles. The Kier molecular flexibility index (Phi) is 6.34. The highest BCUT2D eigenvalue weighted by Gasteiger charge is 2.18. The number of halogens is 1. The van der Waals surface area contributed by atoms with Gasteiger partial charge in [-0.2, -0.15) is 0 Å². The van der Waals surface area contributed by atoms with Crippen LogP contribution in [0.2, 0.25) is 0 Å². The van der Waals surface area contributed by atoms with E-state index >= 15 is 0 Å². The molecule has 2 aromatic rings. The molecule has 0 bridgehead atoms. The quantitative estimate of drug-likeness (QED) is 0.730. The number of piperazine rings is 1. The Morgan fingerprint density at radius 2 is 1.48 bits per heavy atom. The van der Waals surface area contributed by atoms with Gasteiger partial charge < -0.3 is 9.47 Å². The van der Waals surface area contributed by atoms with Gasteiger partial charge in [0.05, 0.1) is 14.2 Å². The minimum Gasteiger partial charge on any atom is -0.497 e. The van der Waals surface area contributed by atoms with Crippen molar-refractivity contribution in [2.75, 3.05) is 40.4 Å². The maximum atomic E-state index is 5.50. The number of hydrogen-bond donors (Lipinski definition) is 0. The van der Waals surface area contributed by atoms with Crippen LogP contribution >= 0.6 is 15.9 Å². The second-order valence-electron chi connectivity index (χ2n) is 6.36. The van der Waals surface area contributed by atoms with Gasteiger partial charge in [0.2, 0.25) is 0 Å². The Labute approximate surface area is 158 Å². The van der Waals surface area contributed by atoms with E-state index in [1.54, 1.807) is 14.2 Å². The fourth-order valence-electron chi connectivity index (χ4n) is 3.20. The summed E-state index contributed by atoms with van der Waals surface area (Å²) in [6.45, 7) is 6.22. The summed E-state index contributed by atoms with van der Waals surface area (Å²) >= 11 is 3.49. The molecule has 134 valence electrons. The van der Waals surface area contributed by atoms with E-state index in [4.69, 9.17) is 9.47 Å². The van der Waals surface area contributed by atoms with E-state index in [0.717, 1.165) is 55.2 Å². The summed E-state index contributed by atoms with van der Waals surface area (Å²) in [5.41, 5.74) is 2.55. The topological polar surface area (TPSA) is 24.9 Å². The Bertz CT molecular complexity index is 683. The lowest BCUT2D eigenvalue weighted by Crippen LogP contribution is -2.45. The maximum absolute atomic E-state index is 5.50. The lowest BCUT2D eigenvalue weighted by molar-refractivity contribution is 0.121. The van der Waals surface area contributed by atoms with Crippen molar-refractivity contribution >= 4 is 15.9 Å². The van der Waals surface area contributed by atoms with E-state index in [9.17, 15) is 0 Å². The van der Waals surface area contributed by atoms with Gasteiger partial charge in [-0.25, -0.2) is 0 Å². The van der Waals surface area contributed by atoms with Crippen LogP contribution in [0.1, 0.15) is 11.1 Å². The summed E-state index contributed by atoms with van der Waals surface area (Å²) in [5.74, 6) is 1.81. The summed E-state index contributed by atoms with van der Waals surface area (Å²) in [5, 5.41) is 0. The van der Waals surface area contributed by atoms with E-state index in [-0.39, 0.29) is 0 Å². The number of ether oxygens (including phenoxy) is 2. The normalized spacial score (nSPS) is 16.0. The molecule has 1 fully saturated rings. The highest BCUT2D eigenvalue weighted by atomic mass is 79.9. The third-order valence-electron chi connectivity index (χ3n) is 4.67. The molecule has 0 radical (unpaired) electrons. The molecule has 3 rings (SSSR count). The third-order valence-corrected chi connectivity index (χ3v) is 5.19. The summed E-state index contributed by atoms with van der Waals surface area (Å²) in [6, 6.07) is 14.6. The molecule has 0 aromatic heterocycles. The molecular formula is C20H25BrN2O2. The summed E-state index contributed by atoms with van der Waals surface area (Å²) in [6.07, 6.45) is 0. The molecule has 1 aliphatic heterocycles. The van der Waals surface area contributed by atoms with Gasteiger partial charge >= 0.3 is 0 Å². The van der Waals surface area contributed by atoms with Gasteiger partial charge in [0.1, 0.15) is 11.5 Å². The van der Waals surface area contributed by atoms with Crippen molar-refractivity contribution in [3.63, 3.8) is 0 Å². The van der Waals surface area contributed by atoms with Gasteiger partial charge in [0.25, 0.3) is 0 Å². The smallest absolute Gasteiger partial charge is 0.123 e. The van der Waals surface area contributed by atoms with Crippen molar-refractivity contribution in [3.8, 4) is 11.5 Å². The van der Waals surface area contributed by atoms with Crippen molar-refractivity contribution in [1.82, 2.24) is 9.80 Å². The molecule has 1 aliphatic rings. The molecule has 0 unspecified atom stereocenters.